The van der Waals surface area contributed by atoms with Gasteiger partial charge in [-0.1, -0.05) is 0 Å². The molecule has 0 radical (unpaired) electrons. The molecule has 0 spiro atoms. The van der Waals surface area contributed by atoms with Gasteiger partial charge in [0.1, 0.15) is 5.82 Å². The molecular weight excluding hydrogens is 574 g/mol. The van der Waals surface area contributed by atoms with Crippen LogP contribution < -0.4 is 15.8 Å². The van der Waals surface area contributed by atoms with Gasteiger partial charge in [-0.3, -0.25) is 19.4 Å². The lowest BCUT2D eigenvalue weighted by Crippen LogP contribution is -2.55. The summed E-state index contributed by atoms with van der Waals surface area (Å²) in [5, 5.41) is 2.61. The van der Waals surface area contributed by atoms with E-state index in [1.807, 2.05) is 37.9 Å². The second kappa shape index (κ2) is 12.2. The minimum atomic E-state index is -4.92. The molecule has 2 N–H and O–H groups in total. The number of nitrogens with one attached hydrogen (secondary N) is 2. The van der Waals surface area contributed by atoms with Crippen LogP contribution in [0.5, 0.6) is 0 Å². The summed E-state index contributed by atoms with van der Waals surface area (Å²) in [6.45, 7) is 8.74. The molecule has 13 heteroatoms. The minimum Gasteiger partial charge on any atom is -0.379 e. The van der Waals surface area contributed by atoms with Gasteiger partial charge in [0, 0.05) is 72.4 Å². The van der Waals surface area contributed by atoms with Crippen LogP contribution in [0, 0.1) is 5.82 Å². The summed E-state index contributed by atoms with van der Waals surface area (Å²) in [6, 6.07) is 7.15. The molecule has 0 saturated carbocycles. The molecule has 2 unspecified atom stereocenters. The Labute approximate surface area is 244 Å². The summed E-state index contributed by atoms with van der Waals surface area (Å²) in [7, 11) is 2.00. The zero-order valence-corrected chi connectivity index (χ0v) is 24.4. The van der Waals surface area contributed by atoms with Crippen molar-refractivity contribution in [2.45, 2.75) is 38.7 Å². The summed E-state index contributed by atoms with van der Waals surface area (Å²) in [5.41, 5.74) is -2.26. The zero-order valence-electron chi connectivity index (χ0n) is 23.6. The van der Waals surface area contributed by atoms with Gasteiger partial charge < -0.3 is 19.9 Å². The first kappa shape index (κ1) is 30.2. The molecule has 0 bridgehead atoms. The highest BCUT2D eigenvalue weighted by atomic mass is 32.1. The van der Waals surface area contributed by atoms with Gasteiger partial charge >= 0.3 is 6.18 Å². The van der Waals surface area contributed by atoms with Gasteiger partial charge in [-0.2, -0.15) is 13.2 Å². The van der Waals surface area contributed by atoms with Crippen LogP contribution in [0.3, 0.4) is 0 Å². The third kappa shape index (κ3) is 6.54. The molecule has 1 aromatic carbocycles. The zero-order chi connectivity index (χ0) is 30.2. The van der Waals surface area contributed by atoms with Gasteiger partial charge in [0.15, 0.2) is 0 Å². The number of amides is 1. The van der Waals surface area contributed by atoms with E-state index in [1.165, 1.54) is 23.5 Å². The average Bonchev–Trinajstić information content (AvgIpc) is 3.40. The van der Waals surface area contributed by atoms with Gasteiger partial charge in [-0.25, -0.2) is 4.39 Å². The minimum absolute atomic E-state index is 0.108. The highest BCUT2D eigenvalue weighted by Gasteiger charge is 2.36. The number of morpholine rings is 1. The van der Waals surface area contributed by atoms with E-state index in [4.69, 9.17) is 4.74 Å². The van der Waals surface area contributed by atoms with E-state index in [1.54, 1.807) is 0 Å². The van der Waals surface area contributed by atoms with Crippen LogP contribution in [0.2, 0.25) is 0 Å². The normalized spacial score (nSPS) is 20.6. The number of hydrogen-bond donors (Lipinski definition) is 2. The van der Waals surface area contributed by atoms with Crippen LogP contribution in [0.4, 0.5) is 28.9 Å². The summed E-state index contributed by atoms with van der Waals surface area (Å²) in [6.07, 6.45) is -4.17. The van der Waals surface area contributed by atoms with Crippen molar-refractivity contribution in [3.05, 3.63) is 68.7 Å². The third-order valence-corrected chi connectivity index (χ3v) is 9.02. The summed E-state index contributed by atoms with van der Waals surface area (Å²) < 4.78 is 62.4. The molecule has 2 aromatic heterocycles. The van der Waals surface area contributed by atoms with E-state index < -0.39 is 34.6 Å². The molecule has 3 aromatic rings. The predicted molar refractivity (Wildman–Crippen MR) is 155 cm³/mol. The van der Waals surface area contributed by atoms with Gasteiger partial charge in [0.25, 0.3) is 5.91 Å². The Morgan fingerprint density at radius 1 is 1.12 bits per heavy atom. The van der Waals surface area contributed by atoms with E-state index in [-0.39, 0.29) is 23.3 Å². The fourth-order valence-electron chi connectivity index (χ4n) is 5.39. The Morgan fingerprint density at radius 3 is 2.48 bits per heavy atom. The highest BCUT2D eigenvalue weighted by Crippen LogP contribution is 2.39. The van der Waals surface area contributed by atoms with Crippen molar-refractivity contribution in [3.8, 4) is 10.4 Å². The lowest BCUT2D eigenvalue weighted by atomic mass is 10.0. The molecule has 0 aliphatic carbocycles. The van der Waals surface area contributed by atoms with Crippen LogP contribution in [-0.4, -0.2) is 79.2 Å². The number of aromatic nitrogens is 1. The molecule has 2 aliphatic heterocycles. The number of ether oxygens (including phenoxy) is 1. The lowest BCUT2D eigenvalue weighted by molar-refractivity contribution is -0.138. The summed E-state index contributed by atoms with van der Waals surface area (Å²) in [5.74, 6) is -1.56. The Hall–Kier alpha value is -3.26. The van der Waals surface area contributed by atoms with Gasteiger partial charge in [-0.15, -0.1) is 11.3 Å². The molecule has 2 saturated heterocycles. The molecule has 8 nitrogen and oxygen atoms in total. The number of pyridine rings is 1. The predicted octanol–water partition coefficient (Wildman–Crippen LogP) is 4.87. The topological polar surface area (TPSA) is 80.9 Å². The standard InChI is InChI=1S/C29H33F4N5O3S/c1-17-14-38(15-18(2)36(17)3)25-12-23(30)20(26-5-4-19(42-26)16-37-6-8-41-9-7-37)10-24(25)35-28(40)21-13-34-27(39)11-22(21)29(31,32)33/h4-5,10-13,17-18H,6-9,14-16H2,1-3H3,(H,34,39)(H,35,40). The number of carbonyl (C=O) groups is 1. The van der Waals surface area contributed by atoms with E-state index in [0.717, 1.165) is 24.2 Å². The molecule has 2 aliphatic rings. The number of nitrogens with zero attached hydrogens (tertiary/aromatic N) is 3. The van der Waals surface area contributed by atoms with Crippen molar-refractivity contribution in [2.75, 3.05) is 56.7 Å². The van der Waals surface area contributed by atoms with Crippen LogP contribution in [0.15, 0.2) is 41.3 Å². The van der Waals surface area contributed by atoms with Crippen LogP contribution in [-0.2, 0) is 17.5 Å². The van der Waals surface area contributed by atoms with Crippen molar-refractivity contribution in [1.82, 2.24) is 14.8 Å². The third-order valence-electron chi connectivity index (χ3n) is 7.92. The molecule has 4 heterocycles. The van der Waals surface area contributed by atoms with E-state index in [0.29, 0.717) is 49.5 Å². The van der Waals surface area contributed by atoms with Crippen molar-refractivity contribution in [1.29, 1.82) is 0 Å². The number of hydrogen-bond acceptors (Lipinski definition) is 7. The number of halogens is 4. The summed E-state index contributed by atoms with van der Waals surface area (Å²) >= 11 is 1.42. The molecule has 2 atom stereocenters. The van der Waals surface area contributed by atoms with Crippen molar-refractivity contribution >= 4 is 28.6 Å². The number of benzene rings is 1. The summed E-state index contributed by atoms with van der Waals surface area (Å²) in [4.78, 5) is 35.1. The van der Waals surface area contributed by atoms with Gasteiger partial charge in [0.2, 0.25) is 5.56 Å². The lowest BCUT2D eigenvalue weighted by Gasteiger charge is -2.44. The number of anilines is 2. The maximum atomic E-state index is 15.8. The molecule has 2 fully saturated rings. The van der Waals surface area contributed by atoms with Crippen LogP contribution in [0.25, 0.3) is 10.4 Å². The number of H-pyrrole nitrogens is 1. The van der Waals surface area contributed by atoms with E-state index in [9.17, 15) is 22.8 Å². The quantitative estimate of drug-likeness (QED) is 0.389. The number of aromatic amines is 1. The molecule has 1 amide bonds. The Balaban J connectivity index is 1.52. The molecule has 226 valence electrons. The number of carbonyl (C=O) groups excluding carboxylic acids is 1. The van der Waals surface area contributed by atoms with E-state index >= 15 is 4.39 Å². The van der Waals surface area contributed by atoms with Gasteiger partial charge in [0.05, 0.1) is 35.7 Å². The molecular formula is C29H33F4N5O3S. The fourth-order valence-corrected chi connectivity index (χ4v) is 6.45. The second-order valence-corrected chi connectivity index (χ2v) is 12.0. The van der Waals surface area contributed by atoms with Gasteiger partial charge in [-0.05, 0) is 45.2 Å². The van der Waals surface area contributed by atoms with Crippen LogP contribution in [0.1, 0.15) is 34.6 Å². The Morgan fingerprint density at radius 2 is 1.81 bits per heavy atom. The van der Waals surface area contributed by atoms with Crippen LogP contribution >= 0.6 is 11.3 Å². The number of likely N-dealkylation sites (N-methyl/N-ethyl adjacent to an activating group) is 1. The van der Waals surface area contributed by atoms with Crippen molar-refractivity contribution < 1.29 is 27.1 Å². The first-order chi connectivity index (χ1) is 19.9. The second-order valence-electron chi connectivity index (χ2n) is 10.8. The Bertz CT molecular complexity index is 1490. The SMILES string of the molecule is CC1CN(c2cc(F)c(-c3ccc(CN4CCOCC4)s3)cc2NC(=O)c2c[nH]c(=O)cc2C(F)(F)F)CC(C)N1C. The number of rotatable bonds is 6. The fraction of sp³-hybridized carbons (Fsp3) is 0.448. The number of alkyl halides is 3. The molecule has 42 heavy (non-hydrogen) atoms. The maximum absolute atomic E-state index is 15.8. The molecule has 5 rings (SSSR count). The average molecular weight is 608 g/mol. The highest BCUT2D eigenvalue weighted by molar-refractivity contribution is 7.15. The smallest absolute Gasteiger partial charge is 0.379 e. The van der Waals surface area contributed by atoms with E-state index in [2.05, 4.69) is 20.1 Å². The van der Waals surface area contributed by atoms with Crippen molar-refractivity contribution in [2.24, 2.45) is 0 Å². The Kier molecular flexibility index (Phi) is 8.74. The largest absolute Gasteiger partial charge is 0.417 e. The monoisotopic (exact) mass is 607 g/mol. The van der Waals surface area contributed by atoms with Crippen molar-refractivity contribution in [3.63, 3.8) is 0 Å². The first-order valence-corrected chi connectivity index (χ1v) is 14.5. The first-order valence-electron chi connectivity index (χ1n) is 13.7. The maximum Gasteiger partial charge on any atom is 0.417 e. The number of piperazine rings is 1. The number of thiophene rings is 1.